The Balaban J connectivity index is 0.00000172. The molecular weight excluding hydrogens is 274 g/mol. The number of halogens is 1. The Bertz CT molecular complexity index is 446. The SMILES string of the molecule is C=CCN(CC)c1ccc(C(C)C(=O)O)cc1Cl.CC. The Morgan fingerprint density at radius 1 is 1.50 bits per heavy atom. The zero-order valence-corrected chi connectivity index (χ0v) is 13.4. The first-order valence-corrected chi connectivity index (χ1v) is 7.27. The summed E-state index contributed by atoms with van der Waals surface area (Å²) in [4.78, 5) is 13.0. The molecule has 0 aliphatic rings. The van der Waals surface area contributed by atoms with Crippen molar-refractivity contribution >= 4 is 23.3 Å². The molecule has 3 nitrogen and oxygen atoms in total. The highest BCUT2D eigenvalue weighted by atomic mass is 35.5. The van der Waals surface area contributed by atoms with Gasteiger partial charge in [0.05, 0.1) is 16.6 Å². The van der Waals surface area contributed by atoms with Crippen molar-refractivity contribution in [2.45, 2.75) is 33.6 Å². The van der Waals surface area contributed by atoms with Gasteiger partial charge >= 0.3 is 5.97 Å². The smallest absolute Gasteiger partial charge is 0.310 e. The van der Waals surface area contributed by atoms with Crippen LogP contribution in [0.5, 0.6) is 0 Å². The summed E-state index contributed by atoms with van der Waals surface area (Å²) in [6, 6.07) is 5.40. The molecule has 1 unspecified atom stereocenters. The summed E-state index contributed by atoms with van der Waals surface area (Å²) in [6.07, 6.45) is 1.81. The predicted molar refractivity (Wildman–Crippen MR) is 86.9 cm³/mol. The largest absolute Gasteiger partial charge is 0.481 e. The molecule has 0 bridgehead atoms. The molecule has 1 rings (SSSR count). The van der Waals surface area contributed by atoms with Crippen LogP contribution in [0.4, 0.5) is 5.69 Å². The number of rotatable bonds is 6. The van der Waals surface area contributed by atoms with Crippen LogP contribution in [0.25, 0.3) is 0 Å². The number of carboxylic acids is 1. The van der Waals surface area contributed by atoms with Crippen LogP contribution in [0.2, 0.25) is 5.02 Å². The third-order valence-corrected chi connectivity index (χ3v) is 3.22. The fraction of sp³-hybridized carbons (Fsp3) is 0.438. The van der Waals surface area contributed by atoms with Crippen molar-refractivity contribution in [1.29, 1.82) is 0 Å². The topological polar surface area (TPSA) is 40.5 Å². The normalized spacial score (nSPS) is 11.1. The maximum Gasteiger partial charge on any atom is 0.310 e. The Morgan fingerprint density at radius 3 is 2.50 bits per heavy atom. The summed E-state index contributed by atoms with van der Waals surface area (Å²) in [6.45, 7) is 12.9. The van der Waals surface area contributed by atoms with E-state index in [-0.39, 0.29) is 0 Å². The Hall–Kier alpha value is -1.48. The first kappa shape index (κ1) is 18.5. The van der Waals surface area contributed by atoms with Crippen LogP contribution in [0.3, 0.4) is 0 Å². The fourth-order valence-corrected chi connectivity index (χ4v) is 2.05. The van der Waals surface area contributed by atoms with Crippen LogP contribution in [-0.4, -0.2) is 24.2 Å². The Labute approximate surface area is 126 Å². The number of carbonyl (C=O) groups is 1. The lowest BCUT2D eigenvalue weighted by molar-refractivity contribution is -0.138. The molecule has 112 valence electrons. The third-order valence-electron chi connectivity index (χ3n) is 2.91. The van der Waals surface area contributed by atoms with Gasteiger partial charge in [-0.05, 0) is 31.5 Å². The van der Waals surface area contributed by atoms with E-state index < -0.39 is 11.9 Å². The van der Waals surface area contributed by atoms with Crippen molar-refractivity contribution in [3.8, 4) is 0 Å². The third kappa shape index (κ3) is 4.89. The highest BCUT2D eigenvalue weighted by molar-refractivity contribution is 6.33. The first-order chi connectivity index (χ1) is 9.51. The summed E-state index contributed by atoms with van der Waals surface area (Å²) in [5.41, 5.74) is 1.62. The van der Waals surface area contributed by atoms with Crippen LogP contribution in [0.15, 0.2) is 30.9 Å². The van der Waals surface area contributed by atoms with E-state index in [4.69, 9.17) is 16.7 Å². The molecule has 1 atom stereocenters. The molecule has 1 N–H and O–H groups in total. The van der Waals surface area contributed by atoms with Gasteiger partial charge in [0.2, 0.25) is 0 Å². The van der Waals surface area contributed by atoms with Gasteiger partial charge in [0.15, 0.2) is 0 Å². The Morgan fingerprint density at radius 2 is 2.10 bits per heavy atom. The lowest BCUT2D eigenvalue weighted by Crippen LogP contribution is -2.22. The highest BCUT2D eigenvalue weighted by Crippen LogP contribution is 2.29. The Kier molecular flexibility index (Phi) is 8.73. The maximum atomic E-state index is 10.9. The molecule has 0 saturated carbocycles. The average molecular weight is 298 g/mol. The second-order valence-corrected chi connectivity index (χ2v) is 4.51. The molecule has 0 radical (unpaired) electrons. The number of hydrogen-bond acceptors (Lipinski definition) is 2. The number of benzene rings is 1. The minimum atomic E-state index is -0.850. The summed E-state index contributed by atoms with van der Waals surface area (Å²) >= 11 is 6.22. The lowest BCUT2D eigenvalue weighted by Gasteiger charge is -2.23. The monoisotopic (exact) mass is 297 g/mol. The van der Waals surface area contributed by atoms with Crippen molar-refractivity contribution < 1.29 is 9.90 Å². The van der Waals surface area contributed by atoms with Gasteiger partial charge in [-0.2, -0.15) is 0 Å². The molecule has 4 heteroatoms. The maximum absolute atomic E-state index is 10.9. The number of nitrogens with zero attached hydrogens (tertiary/aromatic N) is 1. The summed E-state index contributed by atoms with van der Waals surface area (Å²) in [7, 11) is 0. The van der Waals surface area contributed by atoms with Crippen molar-refractivity contribution in [3.05, 3.63) is 41.4 Å². The first-order valence-electron chi connectivity index (χ1n) is 6.89. The molecule has 1 aromatic rings. The molecule has 0 saturated heterocycles. The van der Waals surface area contributed by atoms with Gasteiger partial charge in [-0.1, -0.05) is 37.6 Å². The number of aliphatic carboxylic acids is 1. The van der Waals surface area contributed by atoms with Crippen molar-refractivity contribution in [2.24, 2.45) is 0 Å². The number of carboxylic acid groups (broad SMARTS) is 1. The molecule has 20 heavy (non-hydrogen) atoms. The van der Waals surface area contributed by atoms with Gasteiger partial charge in [0.1, 0.15) is 0 Å². The van der Waals surface area contributed by atoms with Gasteiger partial charge in [-0.25, -0.2) is 0 Å². The molecule has 0 aromatic heterocycles. The molecule has 0 heterocycles. The van der Waals surface area contributed by atoms with Crippen LogP contribution >= 0.6 is 11.6 Å². The predicted octanol–water partition coefficient (Wildman–Crippen LogP) is 4.57. The van der Waals surface area contributed by atoms with Gasteiger partial charge in [-0.3, -0.25) is 4.79 Å². The number of hydrogen-bond donors (Lipinski definition) is 1. The van der Waals surface area contributed by atoms with Crippen LogP contribution in [-0.2, 0) is 4.79 Å². The zero-order valence-electron chi connectivity index (χ0n) is 12.7. The van der Waals surface area contributed by atoms with Crippen molar-refractivity contribution in [3.63, 3.8) is 0 Å². The minimum Gasteiger partial charge on any atom is -0.481 e. The quantitative estimate of drug-likeness (QED) is 0.782. The molecular formula is C16H24ClNO2. The van der Waals surface area contributed by atoms with E-state index >= 15 is 0 Å². The number of likely N-dealkylation sites (N-methyl/N-ethyl adjacent to an activating group) is 1. The van der Waals surface area contributed by atoms with E-state index in [0.717, 1.165) is 12.2 Å². The summed E-state index contributed by atoms with van der Waals surface area (Å²) in [5, 5.41) is 9.54. The molecule has 0 aliphatic carbocycles. The average Bonchev–Trinajstić information content (AvgIpc) is 2.46. The van der Waals surface area contributed by atoms with E-state index in [1.54, 1.807) is 13.0 Å². The molecule has 0 fully saturated rings. The zero-order chi connectivity index (χ0) is 15.7. The molecule has 0 spiro atoms. The van der Waals surface area contributed by atoms with E-state index in [9.17, 15) is 4.79 Å². The van der Waals surface area contributed by atoms with Crippen molar-refractivity contribution in [2.75, 3.05) is 18.0 Å². The summed E-state index contributed by atoms with van der Waals surface area (Å²) in [5.74, 6) is -1.40. The standard InChI is InChI=1S/C14H18ClNO2.C2H6/c1-4-8-16(5-2)13-7-6-11(9-12(13)15)10(3)14(17)18;1-2/h4,6-7,9-10H,1,5,8H2,2-3H3,(H,17,18);1-2H3. The van der Waals surface area contributed by atoms with E-state index in [1.807, 2.05) is 39.0 Å². The van der Waals surface area contributed by atoms with E-state index in [1.165, 1.54) is 0 Å². The second-order valence-electron chi connectivity index (χ2n) is 4.10. The molecule has 0 aliphatic heterocycles. The van der Waals surface area contributed by atoms with Crippen LogP contribution < -0.4 is 4.90 Å². The highest BCUT2D eigenvalue weighted by Gasteiger charge is 2.16. The van der Waals surface area contributed by atoms with E-state index in [2.05, 4.69) is 11.5 Å². The van der Waals surface area contributed by atoms with Gasteiger partial charge in [0, 0.05) is 13.1 Å². The summed E-state index contributed by atoms with van der Waals surface area (Å²) < 4.78 is 0. The van der Waals surface area contributed by atoms with Crippen molar-refractivity contribution in [1.82, 2.24) is 0 Å². The molecule has 0 amide bonds. The lowest BCUT2D eigenvalue weighted by atomic mass is 10.0. The fourth-order valence-electron chi connectivity index (χ4n) is 1.75. The minimum absolute atomic E-state index is 0.550. The van der Waals surface area contributed by atoms with Crippen LogP contribution in [0.1, 0.15) is 39.2 Å². The number of anilines is 1. The van der Waals surface area contributed by atoms with Crippen LogP contribution in [0, 0.1) is 0 Å². The molecule has 1 aromatic carbocycles. The van der Waals surface area contributed by atoms with Gasteiger partial charge in [-0.15, -0.1) is 6.58 Å². The van der Waals surface area contributed by atoms with Gasteiger partial charge < -0.3 is 10.0 Å². The van der Waals surface area contributed by atoms with E-state index in [0.29, 0.717) is 17.1 Å². The van der Waals surface area contributed by atoms with Gasteiger partial charge in [0.25, 0.3) is 0 Å². The second kappa shape index (κ2) is 9.43.